The van der Waals surface area contributed by atoms with Gasteiger partial charge in [-0.1, -0.05) is 66.0 Å². The Hall–Kier alpha value is -2.66. The molecule has 1 saturated carbocycles. The van der Waals surface area contributed by atoms with Crippen LogP contribution in [0.2, 0.25) is 0 Å². The van der Waals surface area contributed by atoms with Crippen LogP contribution in [0, 0.1) is 6.92 Å². The van der Waals surface area contributed by atoms with E-state index in [9.17, 15) is 0 Å². The monoisotopic (exact) mass is 402 g/mol. The lowest BCUT2D eigenvalue weighted by Gasteiger charge is -2.35. The van der Waals surface area contributed by atoms with Gasteiger partial charge in [-0.3, -0.25) is 4.90 Å². The van der Waals surface area contributed by atoms with Crippen molar-refractivity contribution in [1.29, 1.82) is 0 Å². The number of hydrogen-bond donors (Lipinski definition) is 0. The van der Waals surface area contributed by atoms with E-state index in [2.05, 4.69) is 76.5 Å². The van der Waals surface area contributed by atoms with Gasteiger partial charge in [0.15, 0.2) is 5.82 Å². The van der Waals surface area contributed by atoms with E-state index in [4.69, 9.17) is 9.51 Å². The van der Waals surface area contributed by atoms with Crippen LogP contribution in [-0.2, 0) is 12.0 Å². The van der Waals surface area contributed by atoms with Crippen LogP contribution in [0.4, 0.5) is 5.69 Å². The van der Waals surface area contributed by atoms with Gasteiger partial charge in [-0.15, -0.1) is 0 Å². The molecule has 0 unspecified atom stereocenters. The molecule has 0 spiro atoms. The van der Waals surface area contributed by atoms with Gasteiger partial charge in [0, 0.05) is 31.9 Å². The van der Waals surface area contributed by atoms with Crippen molar-refractivity contribution >= 4 is 5.69 Å². The predicted octanol–water partition coefficient (Wildman–Crippen LogP) is 4.56. The van der Waals surface area contributed by atoms with Crippen molar-refractivity contribution in [2.75, 3.05) is 31.1 Å². The second kappa shape index (κ2) is 8.23. The molecule has 1 aromatic heterocycles. The van der Waals surface area contributed by atoms with Gasteiger partial charge in [-0.05, 0) is 37.5 Å². The summed E-state index contributed by atoms with van der Waals surface area (Å²) in [6, 6.07) is 19.5. The normalized spacial score (nSPS) is 19.3. The second-order valence-electron chi connectivity index (χ2n) is 8.77. The highest BCUT2D eigenvalue weighted by atomic mass is 16.5. The summed E-state index contributed by atoms with van der Waals surface area (Å²) in [5.41, 5.74) is 3.84. The van der Waals surface area contributed by atoms with Crippen LogP contribution in [0.3, 0.4) is 0 Å². The third-order valence-corrected chi connectivity index (χ3v) is 6.81. The van der Waals surface area contributed by atoms with E-state index in [0.29, 0.717) is 0 Å². The lowest BCUT2D eigenvalue weighted by molar-refractivity contribution is 0.215. The van der Waals surface area contributed by atoms with E-state index in [0.717, 1.165) is 57.3 Å². The maximum absolute atomic E-state index is 5.75. The Labute approximate surface area is 178 Å². The Balaban J connectivity index is 1.27. The molecule has 0 amide bonds. The van der Waals surface area contributed by atoms with Crippen molar-refractivity contribution in [3.8, 4) is 0 Å². The van der Waals surface area contributed by atoms with E-state index in [1.54, 1.807) is 0 Å². The van der Waals surface area contributed by atoms with Crippen molar-refractivity contribution in [1.82, 2.24) is 15.0 Å². The molecule has 0 atom stereocenters. The van der Waals surface area contributed by atoms with Crippen molar-refractivity contribution < 1.29 is 4.52 Å². The van der Waals surface area contributed by atoms with Crippen LogP contribution in [0.25, 0.3) is 0 Å². The highest BCUT2D eigenvalue weighted by molar-refractivity contribution is 5.46. The topological polar surface area (TPSA) is 45.4 Å². The minimum atomic E-state index is -0.0819. The Morgan fingerprint density at radius 2 is 1.60 bits per heavy atom. The van der Waals surface area contributed by atoms with Gasteiger partial charge in [0.25, 0.3) is 0 Å². The van der Waals surface area contributed by atoms with Crippen LogP contribution >= 0.6 is 0 Å². The largest absolute Gasteiger partial charge is 0.369 e. The third-order valence-electron chi connectivity index (χ3n) is 6.81. The number of rotatable bonds is 5. The van der Waals surface area contributed by atoms with Gasteiger partial charge in [-0.25, -0.2) is 0 Å². The van der Waals surface area contributed by atoms with Crippen molar-refractivity contribution in [2.24, 2.45) is 0 Å². The molecule has 5 rings (SSSR count). The minimum Gasteiger partial charge on any atom is -0.369 e. The van der Waals surface area contributed by atoms with Crippen LogP contribution in [0.15, 0.2) is 59.1 Å². The first-order chi connectivity index (χ1) is 14.7. The smallest absolute Gasteiger partial charge is 0.240 e. The number of nitrogens with zero attached hydrogens (tertiary/aromatic N) is 4. The number of para-hydroxylation sites is 1. The van der Waals surface area contributed by atoms with Crippen molar-refractivity contribution in [2.45, 2.75) is 44.6 Å². The molecule has 1 aliphatic carbocycles. The van der Waals surface area contributed by atoms with Gasteiger partial charge in [-0.2, -0.15) is 4.98 Å². The van der Waals surface area contributed by atoms with Gasteiger partial charge in [0.2, 0.25) is 5.89 Å². The van der Waals surface area contributed by atoms with Gasteiger partial charge < -0.3 is 9.42 Å². The van der Waals surface area contributed by atoms with E-state index in [1.165, 1.54) is 29.7 Å². The van der Waals surface area contributed by atoms with Gasteiger partial charge in [0.1, 0.15) is 0 Å². The maximum atomic E-state index is 5.75. The maximum Gasteiger partial charge on any atom is 0.240 e. The quantitative estimate of drug-likeness (QED) is 0.626. The highest BCUT2D eigenvalue weighted by Gasteiger charge is 2.41. The first-order valence-electron chi connectivity index (χ1n) is 11.2. The van der Waals surface area contributed by atoms with E-state index in [1.807, 2.05) is 0 Å². The molecule has 0 N–H and O–H groups in total. The SMILES string of the molecule is Cc1ccc(C2(c3noc(CN4CCN(c5ccccc5)CC4)n3)CCCC2)cc1. The molecule has 5 nitrogen and oxygen atoms in total. The molecule has 2 fully saturated rings. The lowest BCUT2D eigenvalue weighted by Crippen LogP contribution is -2.46. The summed E-state index contributed by atoms with van der Waals surface area (Å²) in [6.45, 7) is 6.94. The summed E-state index contributed by atoms with van der Waals surface area (Å²) in [7, 11) is 0. The molecule has 30 heavy (non-hydrogen) atoms. The summed E-state index contributed by atoms with van der Waals surface area (Å²) < 4.78 is 5.75. The second-order valence-corrected chi connectivity index (χ2v) is 8.77. The zero-order chi connectivity index (χ0) is 20.4. The highest BCUT2D eigenvalue weighted by Crippen LogP contribution is 2.45. The number of aryl methyl sites for hydroxylation is 1. The van der Waals surface area contributed by atoms with Crippen LogP contribution < -0.4 is 4.90 Å². The summed E-state index contributed by atoms with van der Waals surface area (Å²) in [4.78, 5) is 9.77. The fraction of sp³-hybridized carbons (Fsp3) is 0.440. The Bertz CT molecular complexity index is 952. The minimum absolute atomic E-state index is 0.0819. The summed E-state index contributed by atoms with van der Waals surface area (Å²) in [6.07, 6.45) is 4.65. The number of piperazine rings is 1. The zero-order valence-electron chi connectivity index (χ0n) is 17.8. The van der Waals surface area contributed by atoms with E-state index >= 15 is 0 Å². The molecule has 0 bridgehead atoms. The van der Waals surface area contributed by atoms with Crippen LogP contribution in [-0.4, -0.2) is 41.2 Å². The molecule has 2 aliphatic rings. The first-order valence-corrected chi connectivity index (χ1v) is 11.2. The molecular weight excluding hydrogens is 372 g/mol. The van der Waals surface area contributed by atoms with E-state index < -0.39 is 0 Å². The van der Waals surface area contributed by atoms with E-state index in [-0.39, 0.29) is 5.41 Å². The summed E-state index contributed by atoms with van der Waals surface area (Å²) in [5, 5.41) is 4.47. The molecule has 5 heteroatoms. The Kier molecular flexibility index (Phi) is 5.30. The molecule has 0 radical (unpaired) electrons. The predicted molar refractivity (Wildman–Crippen MR) is 119 cm³/mol. The van der Waals surface area contributed by atoms with Crippen LogP contribution in [0.5, 0.6) is 0 Å². The molecular formula is C25H30N4O. The molecule has 1 saturated heterocycles. The van der Waals surface area contributed by atoms with Crippen molar-refractivity contribution in [3.63, 3.8) is 0 Å². The van der Waals surface area contributed by atoms with Gasteiger partial charge >= 0.3 is 0 Å². The average molecular weight is 403 g/mol. The molecule has 1 aliphatic heterocycles. The standard InChI is InChI=1S/C25H30N4O/c1-20-9-11-21(12-10-20)25(13-5-6-14-25)24-26-23(30-27-24)19-28-15-17-29(18-16-28)22-7-3-2-4-8-22/h2-4,7-12H,5-6,13-19H2,1H3. The molecule has 2 aromatic carbocycles. The number of anilines is 1. The van der Waals surface area contributed by atoms with Gasteiger partial charge in [0.05, 0.1) is 12.0 Å². The summed E-state index contributed by atoms with van der Waals surface area (Å²) in [5.74, 6) is 1.62. The summed E-state index contributed by atoms with van der Waals surface area (Å²) >= 11 is 0. The number of hydrogen-bond acceptors (Lipinski definition) is 5. The zero-order valence-corrected chi connectivity index (χ0v) is 17.8. The average Bonchev–Trinajstić information content (AvgIpc) is 3.46. The fourth-order valence-corrected chi connectivity index (χ4v) is 5.00. The molecule has 2 heterocycles. The van der Waals surface area contributed by atoms with Crippen LogP contribution in [0.1, 0.15) is 48.5 Å². The first kappa shape index (κ1) is 19.3. The Morgan fingerprint density at radius 1 is 0.900 bits per heavy atom. The molecule has 3 aromatic rings. The number of aromatic nitrogens is 2. The van der Waals surface area contributed by atoms with Crippen molar-refractivity contribution in [3.05, 3.63) is 77.4 Å². The third kappa shape index (κ3) is 3.74. The fourth-order valence-electron chi connectivity index (χ4n) is 5.00. The Morgan fingerprint density at radius 3 is 2.30 bits per heavy atom. The molecule has 156 valence electrons. The lowest BCUT2D eigenvalue weighted by atomic mass is 9.78. The number of benzene rings is 2.